The average molecular weight is 339 g/mol. The molecule has 1 heterocycles. The van der Waals surface area contributed by atoms with Crippen LogP contribution in [-0.2, 0) is 5.60 Å². The molecule has 2 N–H and O–H groups in total. The van der Waals surface area contributed by atoms with Gasteiger partial charge in [-0.1, -0.05) is 55.8 Å². The molecule has 3 rings (SSSR count). The summed E-state index contributed by atoms with van der Waals surface area (Å²) in [7, 11) is 0. The number of piperidine rings is 1. The summed E-state index contributed by atoms with van der Waals surface area (Å²) >= 11 is 0. The molecule has 1 saturated heterocycles. The van der Waals surface area contributed by atoms with Crippen LogP contribution in [0.25, 0.3) is 0 Å². The molecule has 134 valence electrons. The molecular formula is C22H29NO2. The van der Waals surface area contributed by atoms with Crippen LogP contribution in [0.3, 0.4) is 0 Å². The maximum absolute atomic E-state index is 11.7. The van der Waals surface area contributed by atoms with Gasteiger partial charge in [0.2, 0.25) is 0 Å². The zero-order chi connectivity index (χ0) is 17.7. The van der Waals surface area contributed by atoms with Gasteiger partial charge in [-0.05, 0) is 55.6 Å². The Morgan fingerprint density at radius 2 is 1.60 bits per heavy atom. The molecule has 1 aliphatic heterocycles. The topological polar surface area (TPSA) is 43.7 Å². The Kier molecular flexibility index (Phi) is 5.77. The Labute approximate surface area is 150 Å². The zero-order valence-electron chi connectivity index (χ0n) is 15.1. The van der Waals surface area contributed by atoms with Crippen molar-refractivity contribution in [1.29, 1.82) is 0 Å². The summed E-state index contributed by atoms with van der Waals surface area (Å²) in [6.45, 7) is 5.12. The van der Waals surface area contributed by atoms with Crippen LogP contribution < -0.4 is 0 Å². The fourth-order valence-electron chi connectivity index (χ4n) is 4.02. The summed E-state index contributed by atoms with van der Waals surface area (Å²) in [5.74, 6) is 0.232. The smallest absolute Gasteiger partial charge is 0.115 e. The number of hydrogen-bond acceptors (Lipinski definition) is 3. The molecule has 0 radical (unpaired) electrons. The zero-order valence-corrected chi connectivity index (χ0v) is 15.1. The van der Waals surface area contributed by atoms with Crippen LogP contribution in [0.4, 0.5) is 0 Å². The molecule has 2 atom stereocenters. The first kappa shape index (κ1) is 18.0. The number of likely N-dealkylation sites (tertiary alicyclic amines) is 1. The second-order valence-electron chi connectivity index (χ2n) is 7.15. The standard InChI is InChI=1S/C22H29NO2/c1-2-22(25,19-11-13-20(24)14-12-19)21(18-9-5-3-6-10-18)17-23-15-7-4-8-16-23/h3,5-6,9-14,21,24-25H,2,4,7-8,15-17H2,1H3/t21-,22-/m0/s1. The minimum atomic E-state index is -0.952. The van der Waals surface area contributed by atoms with Crippen molar-refractivity contribution in [3.05, 3.63) is 65.7 Å². The molecule has 1 aliphatic rings. The van der Waals surface area contributed by atoms with E-state index in [1.165, 1.54) is 24.8 Å². The Morgan fingerprint density at radius 1 is 0.960 bits per heavy atom. The van der Waals surface area contributed by atoms with Gasteiger partial charge in [0.15, 0.2) is 0 Å². The monoisotopic (exact) mass is 339 g/mol. The van der Waals surface area contributed by atoms with Crippen molar-refractivity contribution in [2.75, 3.05) is 19.6 Å². The van der Waals surface area contributed by atoms with Crippen LogP contribution in [0.2, 0.25) is 0 Å². The molecule has 0 bridgehead atoms. The molecule has 0 aromatic heterocycles. The Balaban J connectivity index is 1.96. The number of benzene rings is 2. The number of hydrogen-bond donors (Lipinski definition) is 2. The van der Waals surface area contributed by atoms with Crippen molar-refractivity contribution in [1.82, 2.24) is 4.90 Å². The fraction of sp³-hybridized carbons (Fsp3) is 0.455. The van der Waals surface area contributed by atoms with E-state index in [2.05, 4.69) is 17.0 Å². The van der Waals surface area contributed by atoms with Gasteiger partial charge in [0.1, 0.15) is 5.75 Å². The number of rotatable bonds is 6. The highest BCUT2D eigenvalue weighted by Crippen LogP contribution is 2.41. The molecular weight excluding hydrogens is 310 g/mol. The maximum atomic E-state index is 11.7. The van der Waals surface area contributed by atoms with Crippen LogP contribution >= 0.6 is 0 Å². The van der Waals surface area contributed by atoms with Crippen LogP contribution in [0.1, 0.15) is 49.7 Å². The van der Waals surface area contributed by atoms with Gasteiger partial charge in [-0.3, -0.25) is 0 Å². The highest BCUT2D eigenvalue weighted by atomic mass is 16.3. The molecule has 0 aliphatic carbocycles. The summed E-state index contributed by atoms with van der Waals surface area (Å²) in [6.07, 6.45) is 4.42. The van der Waals surface area contributed by atoms with Crippen LogP contribution in [0, 0.1) is 0 Å². The number of phenolic OH excluding ortho intramolecular Hbond substituents is 1. The lowest BCUT2D eigenvalue weighted by atomic mass is 9.75. The number of aromatic hydroxyl groups is 1. The summed E-state index contributed by atoms with van der Waals surface area (Å²) in [6, 6.07) is 17.4. The van der Waals surface area contributed by atoms with Crippen LogP contribution in [-0.4, -0.2) is 34.7 Å². The predicted octanol–water partition coefficient (Wildman–Crippen LogP) is 4.26. The van der Waals surface area contributed by atoms with E-state index in [0.29, 0.717) is 6.42 Å². The number of phenols is 1. The van der Waals surface area contributed by atoms with Crippen LogP contribution in [0.15, 0.2) is 54.6 Å². The second kappa shape index (κ2) is 8.03. The van der Waals surface area contributed by atoms with E-state index in [4.69, 9.17) is 0 Å². The first-order valence-electron chi connectivity index (χ1n) is 9.42. The lowest BCUT2D eigenvalue weighted by Gasteiger charge is -2.40. The number of nitrogens with zero attached hydrogens (tertiary/aromatic N) is 1. The molecule has 3 heteroatoms. The molecule has 3 nitrogen and oxygen atoms in total. The van der Waals surface area contributed by atoms with Crippen molar-refractivity contribution >= 4 is 0 Å². The average Bonchev–Trinajstić information content (AvgIpc) is 2.67. The van der Waals surface area contributed by atoms with Gasteiger partial charge in [0, 0.05) is 12.5 Å². The highest BCUT2D eigenvalue weighted by Gasteiger charge is 2.39. The molecule has 0 spiro atoms. The first-order chi connectivity index (χ1) is 12.1. The molecule has 0 unspecified atom stereocenters. The predicted molar refractivity (Wildman–Crippen MR) is 102 cm³/mol. The van der Waals surface area contributed by atoms with Crippen molar-refractivity contribution in [3.8, 4) is 5.75 Å². The number of aliphatic hydroxyl groups is 1. The molecule has 0 saturated carbocycles. The maximum Gasteiger partial charge on any atom is 0.115 e. The summed E-state index contributed by atoms with van der Waals surface area (Å²) < 4.78 is 0. The van der Waals surface area contributed by atoms with Crippen molar-refractivity contribution in [3.63, 3.8) is 0 Å². The van der Waals surface area contributed by atoms with Gasteiger partial charge >= 0.3 is 0 Å². The van der Waals surface area contributed by atoms with Crippen LogP contribution in [0.5, 0.6) is 5.75 Å². The van der Waals surface area contributed by atoms with Crippen molar-refractivity contribution in [2.24, 2.45) is 0 Å². The van der Waals surface area contributed by atoms with E-state index in [9.17, 15) is 10.2 Å². The SMILES string of the molecule is CC[C@](O)(c1ccc(O)cc1)[C@@H](CN1CCCCC1)c1ccccc1. The van der Waals surface area contributed by atoms with Gasteiger partial charge in [-0.25, -0.2) is 0 Å². The summed E-state index contributed by atoms with van der Waals surface area (Å²) in [5.41, 5.74) is 1.09. The van der Waals surface area contributed by atoms with E-state index in [-0.39, 0.29) is 11.7 Å². The molecule has 0 amide bonds. The van der Waals surface area contributed by atoms with Gasteiger partial charge in [0.05, 0.1) is 5.60 Å². The van der Waals surface area contributed by atoms with E-state index in [0.717, 1.165) is 25.2 Å². The van der Waals surface area contributed by atoms with E-state index >= 15 is 0 Å². The lowest BCUT2D eigenvalue weighted by Crippen LogP contribution is -2.42. The summed E-state index contributed by atoms with van der Waals surface area (Å²) in [5, 5.41) is 21.3. The summed E-state index contributed by atoms with van der Waals surface area (Å²) in [4.78, 5) is 2.49. The van der Waals surface area contributed by atoms with Crippen molar-refractivity contribution in [2.45, 2.75) is 44.1 Å². The highest BCUT2D eigenvalue weighted by molar-refractivity contribution is 5.35. The van der Waals surface area contributed by atoms with Gasteiger partial charge in [-0.15, -0.1) is 0 Å². The lowest BCUT2D eigenvalue weighted by molar-refractivity contribution is -0.0105. The largest absolute Gasteiger partial charge is 0.508 e. The van der Waals surface area contributed by atoms with E-state index in [1.807, 2.05) is 37.3 Å². The molecule has 25 heavy (non-hydrogen) atoms. The second-order valence-corrected chi connectivity index (χ2v) is 7.15. The van der Waals surface area contributed by atoms with Crippen molar-refractivity contribution < 1.29 is 10.2 Å². The third kappa shape index (κ3) is 4.05. The van der Waals surface area contributed by atoms with E-state index in [1.54, 1.807) is 12.1 Å². The quantitative estimate of drug-likeness (QED) is 0.826. The fourth-order valence-corrected chi connectivity index (χ4v) is 4.02. The van der Waals surface area contributed by atoms with Gasteiger partial charge in [0.25, 0.3) is 0 Å². The van der Waals surface area contributed by atoms with Gasteiger partial charge < -0.3 is 15.1 Å². The van der Waals surface area contributed by atoms with Gasteiger partial charge in [-0.2, -0.15) is 0 Å². The molecule has 2 aromatic rings. The Morgan fingerprint density at radius 3 is 2.20 bits per heavy atom. The third-order valence-corrected chi connectivity index (χ3v) is 5.57. The van der Waals surface area contributed by atoms with E-state index < -0.39 is 5.60 Å². The third-order valence-electron chi connectivity index (χ3n) is 5.57. The molecule has 2 aromatic carbocycles. The minimum absolute atomic E-state index is 0.00124. The normalized spacial score (nSPS) is 19.3. The Hall–Kier alpha value is -1.84. The Bertz CT molecular complexity index is 649. The molecule has 1 fully saturated rings. The first-order valence-corrected chi connectivity index (χ1v) is 9.42. The minimum Gasteiger partial charge on any atom is -0.508 e.